The van der Waals surface area contributed by atoms with E-state index in [-0.39, 0.29) is 29.0 Å². The molecule has 0 spiro atoms. The second-order valence-corrected chi connectivity index (χ2v) is 8.30. The molecule has 0 amide bonds. The Labute approximate surface area is 181 Å². The topological polar surface area (TPSA) is 71.8 Å². The fourth-order valence-corrected chi connectivity index (χ4v) is 4.50. The first-order chi connectivity index (χ1) is 15.4. The van der Waals surface area contributed by atoms with Crippen LogP contribution in [-0.2, 0) is 11.2 Å². The number of H-pyrrole nitrogens is 1. The van der Waals surface area contributed by atoms with E-state index in [2.05, 4.69) is 15.1 Å². The van der Waals surface area contributed by atoms with E-state index in [0.29, 0.717) is 54.0 Å². The van der Waals surface area contributed by atoms with Crippen LogP contribution in [0, 0.1) is 30.3 Å². The van der Waals surface area contributed by atoms with Gasteiger partial charge in [0, 0.05) is 30.2 Å². The fourth-order valence-electron chi connectivity index (χ4n) is 4.50. The van der Waals surface area contributed by atoms with Gasteiger partial charge < -0.3 is 9.51 Å². The summed E-state index contributed by atoms with van der Waals surface area (Å²) < 4.78 is 47.0. The highest BCUT2D eigenvalue weighted by molar-refractivity contribution is 5.92. The van der Waals surface area contributed by atoms with Crippen LogP contribution in [-0.4, -0.2) is 20.9 Å². The third-order valence-electron chi connectivity index (χ3n) is 6.15. The van der Waals surface area contributed by atoms with E-state index < -0.39 is 11.6 Å². The monoisotopic (exact) mass is 439 g/mol. The Kier molecular flexibility index (Phi) is 5.07. The fraction of sp³-hybridized carbons (Fsp3) is 0.292. The van der Waals surface area contributed by atoms with Crippen LogP contribution in [0.5, 0.6) is 0 Å². The lowest BCUT2D eigenvalue weighted by Gasteiger charge is -2.35. The van der Waals surface area contributed by atoms with Crippen LogP contribution in [0.25, 0.3) is 22.2 Å². The van der Waals surface area contributed by atoms with Gasteiger partial charge >= 0.3 is 0 Å². The second-order valence-electron chi connectivity index (χ2n) is 8.30. The zero-order valence-electron chi connectivity index (χ0n) is 17.3. The van der Waals surface area contributed by atoms with Gasteiger partial charge in [-0.05, 0) is 67.1 Å². The summed E-state index contributed by atoms with van der Waals surface area (Å²) >= 11 is 0. The van der Waals surface area contributed by atoms with Gasteiger partial charge in [-0.3, -0.25) is 4.79 Å². The number of Topliss-reactive ketones (excluding diaryl/α,β-unsaturated/α-hetero) is 1. The number of rotatable bonds is 6. The van der Waals surface area contributed by atoms with Crippen LogP contribution >= 0.6 is 0 Å². The van der Waals surface area contributed by atoms with E-state index in [4.69, 9.17) is 4.52 Å². The molecule has 5 nitrogen and oxygen atoms in total. The number of hydrogen-bond donors (Lipinski definition) is 1. The van der Waals surface area contributed by atoms with Crippen LogP contribution < -0.4 is 0 Å². The Morgan fingerprint density at radius 3 is 2.56 bits per heavy atom. The average molecular weight is 439 g/mol. The van der Waals surface area contributed by atoms with Crippen LogP contribution in [0.4, 0.5) is 13.2 Å². The molecule has 0 radical (unpaired) electrons. The second kappa shape index (κ2) is 7.93. The predicted molar refractivity (Wildman–Crippen MR) is 111 cm³/mol. The smallest absolute Gasteiger partial charge is 0.227 e. The van der Waals surface area contributed by atoms with Crippen molar-refractivity contribution in [2.45, 2.75) is 38.5 Å². The molecular weight excluding hydrogens is 419 g/mol. The molecule has 1 N–H and O–H groups in total. The van der Waals surface area contributed by atoms with Crippen molar-refractivity contribution in [3.63, 3.8) is 0 Å². The molecule has 0 saturated heterocycles. The minimum atomic E-state index is -0.684. The normalized spacial score (nSPS) is 18.1. The highest BCUT2D eigenvalue weighted by atomic mass is 19.1. The summed E-state index contributed by atoms with van der Waals surface area (Å²) in [5.74, 6) is -0.819. The molecule has 32 heavy (non-hydrogen) atoms. The number of nitrogens with one attached hydrogen (secondary N) is 1. The molecule has 5 rings (SSSR count). The number of halogens is 3. The lowest BCUT2D eigenvalue weighted by Crippen LogP contribution is -2.29. The van der Waals surface area contributed by atoms with Crippen LogP contribution in [0.15, 0.2) is 40.9 Å². The summed E-state index contributed by atoms with van der Waals surface area (Å²) in [7, 11) is 0. The number of ketones is 1. The SMILES string of the molecule is Cc1noc(CCC(=O)C2CC(c3c(-c4ccc(F)cc4)[nH]c4c(F)cc(F)cc34)C2)n1. The molecule has 1 saturated carbocycles. The van der Waals surface area contributed by atoms with E-state index in [0.717, 1.165) is 11.6 Å². The summed E-state index contributed by atoms with van der Waals surface area (Å²) in [6.07, 6.45) is 1.87. The molecular formula is C24H20F3N3O2. The first-order valence-corrected chi connectivity index (χ1v) is 10.5. The van der Waals surface area contributed by atoms with Gasteiger partial charge in [0.25, 0.3) is 0 Å². The van der Waals surface area contributed by atoms with Crippen molar-refractivity contribution in [2.24, 2.45) is 5.92 Å². The number of nitrogens with zero attached hydrogens (tertiary/aromatic N) is 2. The minimum absolute atomic E-state index is 0.0374. The first-order valence-electron chi connectivity index (χ1n) is 10.5. The average Bonchev–Trinajstić information content (AvgIpc) is 3.30. The molecule has 1 fully saturated rings. The van der Waals surface area contributed by atoms with Gasteiger partial charge in [-0.1, -0.05) is 5.16 Å². The van der Waals surface area contributed by atoms with Crippen LogP contribution in [0.1, 0.15) is 42.5 Å². The number of benzene rings is 2. The van der Waals surface area contributed by atoms with Crippen molar-refractivity contribution in [1.29, 1.82) is 0 Å². The zero-order chi connectivity index (χ0) is 22.4. The third kappa shape index (κ3) is 3.70. The molecule has 0 bridgehead atoms. The molecule has 1 aliphatic rings. The molecule has 2 aromatic heterocycles. The summed E-state index contributed by atoms with van der Waals surface area (Å²) in [5.41, 5.74) is 2.28. The Balaban J connectivity index is 1.40. The Hall–Kier alpha value is -3.42. The highest BCUT2D eigenvalue weighted by Gasteiger charge is 2.38. The van der Waals surface area contributed by atoms with Gasteiger partial charge in [0.1, 0.15) is 23.2 Å². The van der Waals surface area contributed by atoms with Gasteiger partial charge in [0.05, 0.1) is 11.2 Å². The lowest BCUT2D eigenvalue weighted by atomic mass is 9.68. The largest absolute Gasteiger partial charge is 0.352 e. The number of aromatic amines is 1. The van der Waals surface area contributed by atoms with Gasteiger partial charge in [0.2, 0.25) is 5.89 Å². The maximum atomic E-state index is 14.5. The standard InChI is InChI=1S/C24H20F3N3O2/c1-12-28-21(32-30-12)7-6-20(31)14-8-15(9-14)22-18-10-17(26)11-19(27)24(18)29-23(22)13-2-4-16(25)5-3-13/h2-5,10-11,14-15,29H,6-9H2,1H3. The maximum Gasteiger partial charge on any atom is 0.227 e. The summed E-state index contributed by atoms with van der Waals surface area (Å²) in [6.45, 7) is 1.72. The quantitative estimate of drug-likeness (QED) is 0.422. The first kappa shape index (κ1) is 20.5. The molecule has 2 aromatic carbocycles. The lowest BCUT2D eigenvalue weighted by molar-refractivity contribution is -0.125. The Bertz CT molecular complexity index is 1300. The zero-order valence-corrected chi connectivity index (χ0v) is 17.3. The number of aryl methyl sites for hydroxylation is 2. The van der Waals surface area contributed by atoms with E-state index in [1.54, 1.807) is 19.1 Å². The predicted octanol–water partition coefficient (Wildman–Crippen LogP) is 5.64. The number of carbonyl (C=O) groups is 1. The van der Waals surface area contributed by atoms with E-state index in [1.165, 1.54) is 18.2 Å². The third-order valence-corrected chi connectivity index (χ3v) is 6.15. The van der Waals surface area contributed by atoms with Gasteiger partial charge in [-0.2, -0.15) is 4.98 Å². The number of hydrogen-bond acceptors (Lipinski definition) is 4. The van der Waals surface area contributed by atoms with Crippen LogP contribution in [0.3, 0.4) is 0 Å². The number of fused-ring (bicyclic) bond motifs is 1. The van der Waals surface area contributed by atoms with E-state index in [1.807, 2.05) is 0 Å². The van der Waals surface area contributed by atoms with Gasteiger partial charge in [-0.15, -0.1) is 0 Å². The van der Waals surface area contributed by atoms with Crippen molar-refractivity contribution in [2.75, 3.05) is 0 Å². The number of carbonyl (C=O) groups excluding carboxylic acids is 1. The molecule has 0 atom stereocenters. The van der Waals surface area contributed by atoms with Crippen molar-refractivity contribution >= 4 is 16.7 Å². The van der Waals surface area contributed by atoms with E-state index >= 15 is 0 Å². The van der Waals surface area contributed by atoms with Gasteiger partial charge in [-0.25, -0.2) is 13.2 Å². The molecule has 8 heteroatoms. The van der Waals surface area contributed by atoms with Crippen molar-refractivity contribution in [3.8, 4) is 11.3 Å². The minimum Gasteiger partial charge on any atom is -0.352 e. The molecule has 2 heterocycles. The summed E-state index contributed by atoms with van der Waals surface area (Å²) in [6, 6.07) is 8.01. The summed E-state index contributed by atoms with van der Waals surface area (Å²) in [5, 5.41) is 4.18. The van der Waals surface area contributed by atoms with E-state index in [9.17, 15) is 18.0 Å². The maximum absolute atomic E-state index is 14.5. The number of aromatic nitrogens is 3. The van der Waals surface area contributed by atoms with Crippen molar-refractivity contribution < 1.29 is 22.5 Å². The van der Waals surface area contributed by atoms with Gasteiger partial charge in [0.15, 0.2) is 5.82 Å². The molecule has 0 aliphatic heterocycles. The molecule has 4 aromatic rings. The van der Waals surface area contributed by atoms with Crippen LogP contribution in [0.2, 0.25) is 0 Å². The molecule has 0 unspecified atom stereocenters. The highest BCUT2D eigenvalue weighted by Crippen LogP contribution is 2.48. The van der Waals surface area contributed by atoms with Crippen molar-refractivity contribution in [1.82, 2.24) is 15.1 Å². The summed E-state index contributed by atoms with van der Waals surface area (Å²) in [4.78, 5) is 19.8. The van der Waals surface area contributed by atoms with Crippen molar-refractivity contribution in [3.05, 3.63) is 71.1 Å². The molecule has 164 valence electrons. The molecule has 1 aliphatic carbocycles. The Morgan fingerprint density at radius 2 is 1.88 bits per heavy atom. The Morgan fingerprint density at radius 1 is 1.12 bits per heavy atom.